The topological polar surface area (TPSA) is 80.3 Å². The van der Waals surface area contributed by atoms with Crippen molar-refractivity contribution in [2.75, 3.05) is 20.3 Å². The highest BCUT2D eigenvalue weighted by Gasteiger charge is 2.38. The lowest BCUT2D eigenvalue weighted by molar-refractivity contribution is -0.168. The SMILES string of the molecule is COc1ccc(COCCC[C@]2(C)OCC(OC(C)=O)C=C[C@H]2OC(C)=O)cc1. The Labute approximate surface area is 171 Å². The van der Waals surface area contributed by atoms with E-state index in [2.05, 4.69) is 0 Å². The maximum absolute atomic E-state index is 11.5. The quantitative estimate of drug-likeness (QED) is 0.354. The van der Waals surface area contributed by atoms with Crippen LogP contribution in [0.4, 0.5) is 0 Å². The van der Waals surface area contributed by atoms with E-state index >= 15 is 0 Å². The molecule has 0 N–H and O–H groups in total. The van der Waals surface area contributed by atoms with Crippen LogP contribution in [-0.2, 0) is 35.1 Å². The smallest absolute Gasteiger partial charge is 0.303 e. The Morgan fingerprint density at radius 2 is 1.79 bits per heavy atom. The number of methoxy groups -OCH3 is 1. The van der Waals surface area contributed by atoms with Crippen molar-refractivity contribution in [1.82, 2.24) is 0 Å². The zero-order chi connectivity index (χ0) is 21.3. The van der Waals surface area contributed by atoms with Crippen LogP contribution in [0, 0.1) is 0 Å². The van der Waals surface area contributed by atoms with E-state index in [1.165, 1.54) is 13.8 Å². The minimum atomic E-state index is -0.736. The van der Waals surface area contributed by atoms with E-state index in [1.807, 2.05) is 31.2 Å². The van der Waals surface area contributed by atoms with Crippen molar-refractivity contribution in [3.05, 3.63) is 42.0 Å². The van der Waals surface area contributed by atoms with Crippen LogP contribution >= 0.6 is 0 Å². The summed E-state index contributed by atoms with van der Waals surface area (Å²) in [4.78, 5) is 22.7. The molecule has 29 heavy (non-hydrogen) atoms. The molecule has 0 radical (unpaired) electrons. The second kappa shape index (κ2) is 11.0. The maximum atomic E-state index is 11.5. The molecule has 0 spiro atoms. The Morgan fingerprint density at radius 1 is 1.10 bits per heavy atom. The number of carbonyl (C=O) groups excluding carboxylic acids is 2. The van der Waals surface area contributed by atoms with Gasteiger partial charge in [-0.2, -0.15) is 0 Å². The molecule has 7 heteroatoms. The van der Waals surface area contributed by atoms with Gasteiger partial charge in [0.05, 0.1) is 20.3 Å². The van der Waals surface area contributed by atoms with Crippen LogP contribution < -0.4 is 4.74 Å². The second-order valence-electron chi connectivity index (χ2n) is 7.19. The third-order valence-corrected chi connectivity index (χ3v) is 4.68. The molecule has 0 aromatic heterocycles. The van der Waals surface area contributed by atoms with Crippen LogP contribution in [0.3, 0.4) is 0 Å². The lowest BCUT2D eigenvalue weighted by Gasteiger charge is -2.34. The number of ether oxygens (including phenoxy) is 5. The van der Waals surface area contributed by atoms with Crippen LogP contribution in [-0.4, -0.2) is 50.1 Å². The first-order valence-corrected chi connectivity index (χ1v) is 9.70. The van der Waals surface area contributed by atoms with E-state index in [0.717, 1.165) is 17.7 Å². The van der Waals surface area contributed by atoms with Crippen LogP contribution in [0.1, 0.15) is 39.2 Å². The van der Waals surface area contributed by atoms with Crippen molar-refractivity contribution in [2.45, 2.75) is 58.0 Å². The summed E-state index contributed by atoms with van der Waals surface area (Å²) >= 11 is 0. The molecule has 0 fully saturated rings. The molecular formula is C22H30O7. The van der Waals surface area contributed by atoms with Crippen LogP contribution in [0.15, 0.2) is 36.4 Å². The molecule has 1 unspecified atom stereocenters. The summed E-state index contributed by atoms with van der Waals surface area (Å²) in [5.41, 5.74) is 0.327. The third-order valence-electron chi connectivity index (χ3n) is 4.68. The van der Waals surface area contributed by atoms with Crippen molar-refractivity contribution in [2.24, 2.45) is 0 Å². The fourth-order valence-electron chi connectivity index (χ4n) is 3.12. The molecule has 0 saturated carbocycles. The van der Waals surface area contributed by atoms with E-state index in [9.17, 15) is 9.59 Å². The van der Waals surface area contributed by atoms with E-state index < -0.39 is 23.8 Å². The van der Waals surface area contributed by atoms with Gasteiger partial charge in [-0.3, -0.25) is 9.59 Å². The number of carbonyl (C=O) groups is 2. The Kier molecular flexibility index (Phi) is 8.67. The first kappa shape index (κ1) is 22.9. The van der Waals surface area contributed by atoms with E-state index in [-0.39, 0.29) is 12.6 Å². The molecule has 0 bridgehead atoms. The number of hydrogen-bond acceptors (Lipinski definition) is 7. The summed E-state index contributed by atoms with van der Waals surface area (Å²) in [7, 11) is 1.63. The van der Waals surface area contributed by atoms with Crippen molar-refractivity contribution in [3.63, 3.8) is 0 Å². The van der Waals surface area contributed by atoms with Crippen LogP contribution in [0.25, 0.3) is 0 Å². The van der Waals surface area contributed by atoms with Gasteiger partial charge in [0.25, 0.3) is 0 Å². The largest absolute Gasteiger partial charge is 0.497 e. The minimum Gasteiger partial charge on any atom is -0.497 e. The fourth-order valence-corrected chi connectivity index (χ4v) is 3.12. The van der Waals surface area contributed by atoms with Gasteiger partial charge in [0, 0.05) is 20.5 Å². The van der Waals surface area contributed by atoms with Gasteiger partial charge >= 0.3 is 11.9 Å². The Morgan fingerprint density at radius 3 is 2.41 bits per heavy atom. The molecule has 0 amide bonds. The molecule has 1 aromatic rings. The average Bonchev–Trinajstić information content (AvgIpc) is 2.82. The average molecular weight is 406 g/mol. The van der Waals surface area contributed by atoms with E-state index in [4.69, 9.17) is 23.7 Å². The first-order valence-electron chi connectivity index (χ1n) is 9.70. The van der Waals surface area contributed by atoms with Crippen molar-refractivity contribution in [1.29, 1.82) is 0 Å². The van der Waals surface area contributed by atoms with Gasteiger partial charge in [0.1, 0.15) is 23.6 Å². The summed E-state index contributed by atoms with van der Waals surface area (Å²) in [5, 5.41) is 0. The Hall–Kier alpha value is -2.38. The molecule has 2 rings (SSSR count). The van der Waals surface area contributed by atoms with Gasteiger partial charge in [-0.15, -0.1) is 0 Å². The number of hydrogen-bond donors (Lipinski definition) is 0. The predicted molar refractivity (Wildman–Crippen MR) is 106 cm³/mol. The fraction of sp³-hybridized carbons (Fsp3) is 0.545. The van der Waals surface area contributed by atoms with E-state index in [0.29, 0.717) is 19.6 Å². The van der Waals surface area contributed by atoms with Gasteiger partial charge in [0.2, 0.25) is 0 Å². The monoisotopic (exact) mass is 406 g/mol. The second-order valence-corrected chi connectivity index (χ2v) is 7.19. The Balaban J connectivity index is 1.87. The molecular weight excluding hydrogens is 376 g/mol. The van der Waals surface area contributed by atoms with Gasteiger partial charge in [-0.1, -0.05) is 12.1 Å². The molecule has 160 valence electrons. The summed E-state index contributed by atoms with van der Waals surface area (Å²) in [6.07, 6.45) is 3.71. The predicted octanol–water partition coefficient (Wildman–Crippen LogP) is 3.20. The summed E-state index contributed by atoms with van der Waals surface area (Å²) in [5.74, 6) is 0.0304. The Bertz CT molecular complexity index is 698. The van der Waals surface area contributed by atoms with Gasteiger partial charge in [0.15, 0.2) is 0 Å². The molecule has 3 atom stereocenters. The van der Waals surface area contributed by atoms with Gasteiger partial charge in [-0.25, -0.2) is 0 Å². The molecule has 1 heterocycles. The minimum absolute atomic E-state index is 0.205. The van der Waals surface area contributed by atoms with Crippen LogP contribution in [0.5, 0.6) is 5.75 Å². The lowest BCUT2D eigenvalue weighted by atomic mass is 9.93. The lowest BCUT2D eigenvalue weighted by Crippen LogP contribution is -2.43. The molecule has 1 aliphatic heterocycles. The zero-order valence-electron chi connectivity index (χ0n) is 17.5. The van der Waals surface area contributed by atoms with Gasteiger partial charge in [-0.05, 0) is 49.6 Å². The number of benzene rings is 1. The molecule has 0 aliphatic carbocycles. The van der Waals surface area contributed by atoms with Crippen molar-refractivity contribution in [3.8, 4) is 5.75 Å². The molecule has 1 aliphatic rings. The molecule has 7 nitrogen and oxygen atoms in total. The normalized spacial score (nSPS) is 23.9. The standard InChI is InChI=1S/C22H30O7/c1-16(23)28-20-10-11-21(29-17(2)24)22(3,27-15-20)12-5-13-26-14-18-6-8-19(25-4)9-7-18/h6-11,20-21H,5,12-15H2,1-4H3/t20?,21-,22+/m1/s1. The zero-order valence-corrected chi connectivity index (χ0v) is 17.5. The van der Waals surface area contributed by atoms with E-state index in [1.54, 1.807) is 19.3 Å². The van der Waals surface area contributed by atoms with Gasteiger partial charge < -0.3 is 23.7 Å². The summed E-state index contributed by atoms with van der Waals surface area (Å²) < 4.78 is 27.6. The number of rotatable bonds is 9. The molecule has 0 saturated heterocycles. The maximum Gasteiger partial charge on any atom is 0.303 e. The number of esters is 2. The summed E-state index contributed by atoms with van der Waals surface area (Å²) in [6.45, 7) is 5.85. The van der Waals surface area contributed by atoms with Crippen molar-refractivity contribution < 1.29 is 33.3 Å². The third kappa shape index (κ3) is 7.51. The van der Waals surface area contributed by atoms with Crippen LogP contribution in [0.2, 0.25) is 0 Å². The van der Waals surface area contributed by atoms with Crippen molar-refractivity contribution >= 4 is 11.9 Å². The highest BCUT2D eigenvalue weighted by molar-refractivity contribution is 5.67. The molecule has 1 aromatic carbocycles. The highest BCUT2D eigenvalue weighted by atomic mass is 16.6. The first-order chi connectivity index (χ1) is 13.8. The summed E-state index contributed by atoms with van der Waals surface area (Å²) in [6, 6.07) is 7.72. The highest BCUT2D eigenvalue weighted by Crippen LogP contribution is 2.29.